The Balaban J connectivity index is 1.52. The van der Waals surface area contributed by atoms with Crippen molar-refractivity contribution in [3.8, 4) is 0 Å². The van der Waals surface area contributed by atoms with Crippen molar-refractivity contribution < 1.29 is 0 Å². The summed E-state index contributed by atoms with van der Waals surface area (Å²) >= 11 is 0. The smallest absolute Gasteiger partial charge is 0.0129 e. The molecule has 3 unspecified atom stereocenters. The van der Waals surface area contributed by atoms with Crippen LogP contribution in [0.4, 0.5) is 0 Å². The summed E-state index contributed by atoms with van der Waals surface area (Å²) in [5, 5.41) is 3.94. The second kappa shape index (κ2) is 4.51. The van der Waals surface area contributed by atoms with Crippen LogP contribution in [0.1, 0.15) is 72.1 Å². The molecular formula is C17H31N. The van der Waals surface area contributed by atoms with E-state index in [2.05, 4.69) is 26.1 Å². The predicted molar refractivity (Wildman–Crippen MR) is 77.6 cm³/mol. The largest absolute Gasteiger partial charge is 0.313 e. The van der Waals surface area contributed by atoms with Crippen molar-refractivity contribution in [3.63, 3.8) is 0 Å². The third-order valence-electron chi connectivity index (χ3n) is 7.21. The second-order valence-electron chi connectivity index (χ2n) is 8.06. The highest BCUT2D eigenvalue weighted by molar-refractivity contribution is 5.12. The summed E-state index contributed by atoms with van der Waals surface area (Å²) in [6.07, 6.45) is 11.8. The van der Waals surface area contributed by atoms with E-state index in [4.69, 9.17) is 0 Å². The zero-order valence-corrected chi connectivity index (χ0v) is 12.6. The van der Waals surface area contributed by atoms with E-state index in [1.165, 1.54) is 57.9 Å². The van der Waals surface area contributed by atoms with E-state index in [-0.39, 0.29) is 0 Å². The summed E-state index contributed by atoms with van der Waals surface area (Å²) in [6, 6.07) is 0.799. The number of hydrogen-bond donors (Lipinski definition) is 1. The van der Waals surface area contributed by atoms with Crippen molar-refractivity contribution in [2.24, 2.45) is 22.7 Å². The molecule has 3 saturated carbocycles. The highest BCUT2D eigenvalue weighted by atomic mass is 15.0. The molecule has 3 fully saturated rings. The minimum absolute atomic E-state index is 0.563. The van der Waals surface area contributed by atoms with E-state index in [1.807, 2.05) is 0 Å². The zero-order valence-electron chi connectivity index (χ0n) is 12.6. The summed E-state index contributed by atoms with van der Waals surface area (Å²) in [7, 11) is 0. The first-order chi connectivity index (χ1) is 8.54. The standard InChI is InChI=1S/C17H31N/c1-16(2)14-8-10-17(16,3)15(12-14)18-11-9-13-6-4-5-7-13/h13-15,18H,4-12H2,1-3H3. The predicted octanol–water partition coefficient (Wildman–Crippen LogP) is 4.37. The van der Waals surface area contributed by atoms with Crippen molar-refractivity contribution >= 4 is 0 Å². The number of hydrogen-bond acceptors (Lipinski definition) is 1. The Morgan fingerprint density at radius 1 is 1.06 bits per heavy atom. The van der Waals surface area contributed by atoms with Crippen LogP contribution in [0.3, 0.4) is 0 Å². The van der Waals surface area contributed by atoms with Gasteiger partial charge in [0.1, 0.15) is 0 Å². The van der Waals surface area contributed by atoms with Crippen molar-refractivity contribution in [3.05, 3.63) is 0 Å². The molecule has 3 atom stereocenters. The summed E-state index contributed by atoms with van der Waals surface area (Å²) in [6.45, 7) is 8.85. The van der Waals surface area contributed by atoms with Crippen LogP contribution in [0.2, 0.25) is 0 Å². The van der Waals surface area contributed by atoms with Crippen LogP contribution < -0.4 is 5.32 Å². The molecule has 3 aliphatic carbocycles. The Morgan fingerprint density at radius 2 is 1.78 bits per heavy atom. The third kappa shape index (κ3) is 1.85. The maximum Gasteiger partial charge on any atom is 0.0129 e. The lowest BCUT2D eigenvalue weighted by Gasteiger charge is -2.39. The van der Waals surface area contributed by atoms with Gasteiger partial charge in [0.2, 0.25) is 0 Å². The van der Waals surface area contributed by atoms with Gasteiger partial charge >= 0.3 is 0 Å². The van der Waals surface area contributed by atoms with E-state index in [0.717, 1.165) is 17.9 Å². The first kappa shape index (κ1) is 13.0. The molecule has 1 N–H and O–H groups in total. The molecule has 0 aromatic carbocycles. The Kier molecular flexibility index (Phi) is 3.25. The fourth-order valence-corrected chi connectivity index (χ4v) is 5.27. The van der Waals surface area contributed by atoms with Gasteiger partial charge in [-0.25, -0.2) is 0 Å². The molecule has 18 heavy (non-hydrogen) atoms. The van der Waals surface area contributed by atoms with E-state index < -0.39 is 0 Å². The van der Waals surface area contributed by atoms with Gasteiger partial charge in [-0.2, -0.15) is 0 Å². The van der Waals surface area contributed by atoms with Gasteiger partial charge in [0, 0.05) is 6.04 Å². The summed E-state index contributed by atoms with van der Waals surface area (Å²) in [5.41, 5.74) is 1.13. The average molecular weight is 249 g/mol. The highest BCUT2D eigenvalue weighted by Crippen LogP contribution is 2.65. The van der Waals surface area contributed by atoms with Gasteiger partial charge in [-0.1, -0.05) is 46.5 Å². The molecule has 0 saturated heterocycles. The SMILES string of the molecule is CC1(C)C2CCC1(C)C(NCCC1CCCC1)C2. The van der Waals surface area contributed by atoms with E-state index in [1.54, 1.807) is 0 Å². The second-order valence-corrected chi connectivity index (χ2v) is 8.06. The zero-order chi connectivity index (χ0) is 12.8. The number of rotatable bonds is 4. The van der Waals surface area contributed by atoms with Crippen molar-refractivity contribution in [1.29, 1.82) is 0 Å². The van der Waals surface area contributed by atoms with Crippen molar-refractivity contribution in [2.45, 2.75) is 78.2 Å². The molecule has 3 rings (SSSR count). The average Bonchev–Trinajstić information content (AvgIpc) is 2.95. The Bertz CT molecular complexity index is 303. The molecule has 0 aromatic rings. The lowest BCUT2D eigenvalue weighted by Crippen LogP contribution is -2.44. The van der Waals surface area contributed by atoms with Crippen LogP contribution >= 0.6 is 0 Å². The molecule has 0 aliphatic heterocycles. The van der Waals surface area contributed by atoms with Crippen LogP contribution in [0.25, 0.3) is 0 Å². The van der Waals surface area contributed by atoms with E-state index in [0.29, 0.717) is 10.8 Å². The van der Waals surface area contributed by atoms with Crippen molar-refractivity contribution in [1.82, 2.24) is 5.32 Å². The first-order valence-electron chi connectivity index (χ1n) is 8.27. The quantitative estimate of drug-likeness (QED) is 0.780. The highest BCUT2D eigenvalue weighted by Gasteiger charge is 2.60. The third-order valence-corrected chi connectivity index (χ3v) is 7.21. The van der Waals surface area contributed by atoms with Crippen LogP contribution in [0, 0.1) is 22.7 Å². The lowest BCUT2D eigenvalue weighted by molar-refractivity contribution is 0.120. The van der Waals surface area contributed by atoms with Gasteiger partial charge in [0.15, 0.2) is 0 Å². The topological polar surface area (TPSA) is 12.0 Å². The molecule has 0 aromatic heterocycles. The van der Waals surface area contributed by atoms with Crippen molar-refractivity contribution in [2.75, 3.05) is 6.54 Å². The molecule has 2 bridgehead atoms. The first-order valence-corrected chi connectivity index (χ1v) is 8.27. The van der Waals surface area contributed by atoms with Crippen LogP contribution in [0.5, 0.6) is 0 Å². The maximum atomic E-state index is 3.94. The van der Waals surface area contributed by atoms with Gasteiger partial charge < -0.3 is 5.32 Å². The van der Waals surface area contributed by atoms with E-state index >= 15 is 0 Å². The monoisotopic (exact) mass is 249 g/mol. The lowest BCUT2D eigenvalue weighted by atomic mass is 9.69. The minimum atomic E-state index is 0.563. The molecule has 0 amide bonds. The van der Waals surface area contributed by atoms with E-state index in [9.17, 15) is 0 Å². The molecule has 104 valence electrons. The molecule has 1 nitrogen and oxygen atoms in total. The van der Waals surface area contributed by atoms with Gasteiger partial charge in [0.05, 0.1) is 0 Å². The fraction of sp³-hybridized carbons (Fsp3) is 1.00. The van der Waals surface area contributed by atoms with Gasteiger partial charge in [-0.15, -0.1) is 0 Å². The minimum Gasteiger partial charge on any atom is -0.313 e. The van der Waals surface area contributed by atoms with Gasteiger partial charge in [-0.3, -0.25) is 0 Å². The fourth-order valence-electron chi connectivity index (χ4n) is 5.27. The molecule has 3 aliphatic rings. The van der Waals surface area contributed by atoms with Gasteiger partial charge in [0.25, 0.3) is 0 Å². The van der Waals surface area contributed by atoms with Gasteiger partial charge in [-0.05, 0) is 54.9 Å². The molecule has 0 spiro atoms. The Morgan fingerprint density at radius 3 is 2.33 bits per heavy atom. The summed E-state index contributed by atoms with van der Waals surface area (Å²) in [5.74, 6) is 2.02. The summed E-state index contributed by atoms with van der Waals surface area (Å²) < 4.78 is 0. The van der Waals surface area contributed by atoms with Crippen LogP contribution in [-0.4, -0.2) is 12.6 Å². The normalized spacial score (nSPS) is 42.8. The maximum absolute atomic E-state index is 3.94. The molecular weight excluding hydrogens is 218 g/mol. The molecule has 0 radical (unpaired) electrons. The number of nitrogens with one attached hydrogen (secondary N) is 1. The van der Waals surface area contributed by atoms with Crippen LogP contribution in [0.15, 0.2) is 0 Å². The Hall–Kier alpha value is -0.0400. The Labute approximate surface area is 113 Å². The molecule has 0 heterocycles. The molecule has 1 heteroatoms. The van der Waals surface area contributed by atoms with Crippen LogP contribution in [-0.2, 0) is 0 Å². The summed E-state index contributed by atoms with van der Waals surface area (Å²) in [4.78, 5) is 0. The number of fused-ring (bicyclic) bond motifs is 2.